The van der Waals surface area contributed by atoms with Crippen LogP contribution in [-0.4, -0.2) is 29.7 Å². The Bertz CT molecular complexity index is 661. The van der Waals surface area contributed by atoms with Crippen molar-refractivity contribution in [2.75, 3.05) is 18.5 Å². The van der Waals surface area contributed by atoms with Crippen LogP contribution in [0, 0.1) is 11.3 Å². The van der Waals surface area contributed by atoms with E-state index in [4.69, 9.17) is 5.26 Å². The standard InChI is InChI=1S/C14H13N3O2/c1-17(8-4-7-15)13-10-5-2-3-6-12(10)16-9-11(13)14(18)19/h2-3,5-6,9H,4,8H2,1H3,(H,18,19). The van der Waals surface area contributed by atoms with E-state index >= 15 is 0 Å². The Morgan fingerprint density at radius 2 is 2.21 bits per heavy atom. The SMILES string of the molecule is CN(CCC#N)c1c(C(=O)O)cnc2ccccc12. The molecule has 0 saturated carbocycles. The molecular weight excluding hydrogens is 242 g/mol. The molecule has 0 aliphatic heterocycles. The summed E-state index contributed by atoms with van der Waals surface area (Å²) in [6.07, 6.45) is 1.70. The van der Waals surface area contributed by atoms with Gasteiger partial charge in [0.25, 0.3) is 0 Å². The molecule has 2 aromatic rings. The molecule has 0 radical (unpaired) electrons. The Balaban J connectivity index is 2.62. The topological polar surface area (TPSA) is 77.2 Å². The third kappa shape index (κ3) is 2.47. The minimum Gasteiger partial charge on any atom is -0.478 e. The normalized spacial score (nSPS) is 10.1. The second kappa shape index (κ2) is 5.36. The molecule has 96 valence electrons. The molecule has 0 unspecified atom stereocenters. The lowest BCUT2D eigenvalue weighted by Crippen LogP contribution is -2.21. The van der Waals surface area contributed by atoms with Gasteiger partial charge < -0.3 is 10.0 Å². The first-order chi connectivity index (χ1) is 9.15. The highest BCUT2D eigenvalue weighted by Gasteiger charge is 2.17. The molecular formula is C14H13N3O2. The lowest BCUT2D eigenvalue weighted by atomic mass is 10.1. The van der Waals surface area contributed by atoms with Crippen molar-refractivity contribution in [3.63, 3.8) is 0 Å². The van der Waals surface area contributed by atoms with Crippen molar-refractivity contribution in [2.24, 2.45) is 0 Å². The molecule has 5 nitrogen and oxygen atoms in total. The van der Waals surface area contributed by atoms with E-state index in [0.29, 0.717) is 18.7 Å². The number of nitrogens with zero attached hydrogens (tertiary/aromatic N) is 3. The number of benzene rings is 1. The monoisotopic (exact) mass is 255 g/mol. The van der Waals surface area contributed by atoms with Crippen LogP contribution in [-0.2, 0) is 0 Å². The second-order valence-corrected chi connectivity index (χ2v) is 4.17. The molecule has 1 N–H and O–H groups in total. The number of hydrogen-bond donors (Lipinski definition) is 1. The van der Waals surface area contributed by atoms with E-state index in [1.165, 1.54) is 6.20 Å². The summed E-state index contributed by atoms with van der Waals surface area (Å²) < 4.78 is 0. The summed E-state index contributed by atoms with van der Waals surface area (Å²) >= 11 is 0. The minimum absolute atomic E-state index is 0.152. The van der Waals surface area contributed by atoms with Crippen LogP contribution in [0.1, 0.15) is 16.8 Å². The first-order valence-electron chi connectivity index (χ1n) is 5.84. The van der Waals surface area contributed by atoms with E-state index in [9.17, 15) is 9.90 Å². The zero-order valence-corrected chi connectivity index (χ0v) is 10.5. The molecule has 0 bridgehead atoms. The molecule has 0 aliphatic carbocycles. The Kier molecular flexibility index (Phi) is 3.62. The molecule has 19 heavy (non-hydrogen) atoms. The molecule has 0 amide bonds. The fourth-order valence-electron chi connectivity index (χ4n) is 2.02. The largest absolute Gasteiger partial charge is 0.478 e. The number of para-hydroxylation sites is 1. The number of nitriles is 1. The van der Waals surface area contributed by atoms with Crippen molar-refractivity contribution in [1.82, 2.24) is 4.98 Å². The Hall–Kier alpha value is -2.61. The van der Waals surface area contributed by atoms with Gasteiger partial charge in [0.05, 0.1) is 23.7 Å². The van der Waals surface area contributed by atoms with E-state index < -0.39 is 5.97 Å². The fraction of sp³-hybridized carbons (Fsp3) is 0.214. The van der Waals surface area contributed by atoms with Crippen LogP contribution < -0.4 is 4.90 Å². The Morgan fingerprint density at radius 3 is 2.89 bits per heavy atom. The van der Waals surface area contributed by atoms with Gasteiger partial charge >= 0.3 is 5.97 Å². The number of carboxylic acid groups (broad SMARTS) is 1. The first-order valence-corrected chi connectivity index (χ1v) is 5.84. The summed E-state index contributed by atoms with van der Waals surface area (Å²) in [5.41, 5.74) is 1.50. The first kappa shape index (κ1) is 12.8. The second-order valence-electron chi connectivity index (χ2n) is 4.17. The quantitative estimate of drug-likeness (QED) is 0.906. The molecule has 1 aromatic heterocycles. The van der Waals surface area contributed by atoms with Crippen LogP contribution in [0.25, 0.3) is 10.9 Å². The number of anilines is 1. The molecule has 1 heterocycles. The lowest BCUT2D eigenvalue weighted by Gasteiger charge is -2.21. The van der Waals surface area contributed by atoms with E-state index in [-0.39, 0.29) is 5.56 Å². The average Bonchev–Trinajstić information content (AvgIpc) is 2.43. The molecule has 0 spiro atoms. The van der Waals surface area contributed by atoms with Crippen LogP contribution in [0.15, 0.2) is 30.5 Å². The van der Waals surface area contributed by atoms with Gasteiger partial charge in [0.15, 0.2) is 0 Å². The zero-order chi connectivity index (χ0) is 13.8. The van der Waals surface area contributed by atoms with Gasteiger partial charge in [-0.25, -0.2) is 4.79 Å². The number of rotatable bonds is 4. The van der Waals surface area contributed by atoms with E-state index in [1.807, 2.05) is 24.3 Å². The lowest BCUT2D eigenvalue weighted by molar-refractivity contribution is 0.0697. The smallest absolute Gasteiger partial charge is 0.339 e. The highest BCUT2D eigenvalue weighted by Crippen LogP contribution is 2.28. The van der Waals surface area contributed by atoms with Crippen molar-refractivity contribution < 1.29 is 9.90 Å². The highest BCUT2D eigenvalue weighted by atomic mass is 16.4. The maximum absolute atomic E-state index is 11.3. The average molecular weight is 255 g/mol. The molecule has 1 aromatic carbocycles. The fourth-order valence-corrected chi connectivity index (χ4v) is 2.02. The van der Waals surface area contributed by atoms with Crippen molar-refractivity contribution in [1.29, 1.82) is 5.26 Å². The van der Waals surface area contributed by atoms with Crippen molar-refractivity contribution >= 4 is 22.6 Å². The van der Waals surface area contributed by atoms with Crippen LogP contribution in [0.3, 0.4) is 0 Å². The molecule has 5 heteroatoms. The number of hydrogen-bond acceptors (Lipinski definition) is 4. The number of carbonyl (C=O) groups is 1. The van der Waals surface area contributed by atoms with Gasteiger partial charge in [-0.2, -0.15) is 5.26 Å². The van der Waals surface area contributed by atoms with E-state index in [1.54, 1.807) is 11.9 Å². The third-order valence-corrected chi connectivity index (χ3v) is 2.92. The maximum Gasteiger partial charge on any atom is 0.339 e. The summed E-state index contributed by atoms with van der Waals surface area (Å²) in [6.45, 7) is 0.477. The van der Waals surface area contributed by atoms with E-state index in [2.05, 4.69) is 11.1 Å². The summed E-state index contributed by atoms with van der Waals surface area (Å²) in [7, 11) is 1.78. The Morgan fingerprint density at radius 1 is 1.47 bits per heavy atom. The van der Waals surface area contributed by atoms with Gasteiger partial charge in [-0.1, -0.05) is 18.2 Å². The number of aromatic carboxylic acids is 1. The van der Waals surface area contributed by atoms with Gasteiger partial charge in [0.2, 0.25) is 0 Å². The van der Waals surface area contributed by atoms with Gasteiger partial charge in [-0.3, -0.25) is 4.98 Å². The van der Waals surface area contributed by atoms with Crippen LogP contribution in [0.2, 0.25) is 0 Å². The molecule has 0 fully saturated rings. The number of pyridine rings is 1. The zero-order valence-electron chi connectivity index (χ0n) is 10.5. The number of aromatic nitrogens is 1. The van der Waals surface area contributed by atoms with Crippen molar-refractivity contribution in [2.45, 2.75) is 6.42 Å². The van der Waals surface area contributed by atoms with Gasteiger partial charge in [-0.15, -0.1) is 0 Å². The summed E-state index contributed by atoms with van der Waals surface area (Å²) in [5, 5.41) is 18.7. The van der Waals surface area contributed by atoms with E-state index in [0.717, 1.165) is 10.9 Å². The number of carboxylic acids is 1. The minimum atomic E-state index is -1.02. The predicted octanol–water partition coefficient (Wildman–Crippen LogP) is 2.28. The highest BCUT2D eigenvalue weighted by molar-refractivity contribution is 6.04. The third-order valence-electron chi connectivity index (χ3n) is 2.92. The molecule has 0 atom stereocenters. The Labute approximate surface area is 110 Å². The van der Waals surface area contributed by atoms with Gasteiger partial charge in [0.1, 0.15) is 5.56 Å². The van der Waals surface area contributed by atoms with Crippen molar-refractivity contribution in [3.8, 4) is 6.07 Å². The molecule has 2 rings (SSSR count). The van der Waals surface area contributed by atoms with Gasteiger partial charge in [-0.05, 0) is 6.07 Å². The van der Waals surface area contributed by atoms with Crippen LogP contribution in [0.5, 0.6) is 0 Å². The predicted molar refractivity (Wildman–Crippen MR) is 72.2 cm³/mol. The summed E-state index contributed by atoms with van der Waals surface area (Å²) in [4.78, 5) is 17.3. The van der Waals surface area contributed by atoms with Gasteiger partial charge in [0, 0.05) is 25.2 Å². The summed E-state index contributed by atoms with van der Waals surface area (Å²) in [5.74, 6) is -1.02. The van der Waals surface area contributed by atoms with Crippen LogP contribution in [0.4, 0.5) is 5.69 Å². The number of fused-ring (bicyclic) bond motifs is 1. The van der Waals surface area contributed by atoms with Crippen molar-refractivity contribution in [3.05, 3.63) is 36.0 Å². The maximum atomic E-state index is 11.3. The molecule has 0 aliphatic rings. The van der Waals surface area contributed by atoms with Crippen LogP contribution >= 0.6 is 0 Å². The summed E-state index contributed by atoms with van der Waals surface area (Å²) in [6, 6.07) is 9.44. The molecule has 0 saturated heterocycles.